The molecule has 0 aliphatic rings. The lowest BCUT2D eigenvalue weighted by Crippen LogP contribution is -2.26. The van der Waals surface area contributed by atoms with Crippen molar-refractivity contribution in [2.45, 2.75) is 52.9 Å². The Kier molecular flexibility index (Phi) is 7.39. The van der Waals surface area contributed by atoms with Gasteiger partial charge in [0, 0.05) is 0 Å². The van der Waals surface area contributed by atoms with Crippen molar-refractivity contribution in [2.24, 2.45) is 5.41 Å². The van der Waals surface area contributed by atoms with Crippen molar-refractivity contribution in [3.05, 3.63) is 40.5 Å². The summed E-state index contributed by atoms with van der Waals surface area (Å²) in [5.74, 6) is -0.242. The van der Waals surface area contributed by atoms with Gasteiger partial charge < -0.3 is 13.9 Å². The highest BCUT2D eigenvalue weighted by atomic mass is 19.1. The van der Waals surface area contributed by atoms with E-state index >= 15 is 0 Å². The van der Waals surface area contributed by atoms with Crippen molar-refractivity contribution in [3.63, 3.8) is 0 Å². The van der Waals surface area contributed by atoms with Crippen LogP contribution in [0.15, 0.2) is 33.5 Å². The lowest BCUT2D eigenvalue weighted by molar-refractivity contribution is -0.154. The molecule has 0 aliphatic heterocycles. The second-order valence-corrected chi connectivity index (χ2v) is 7.21. The highest BCUT2D eigenvalue weighted by molar-refractivity contribution is 5.83. The van der Waals surface area contributed by atoms with Gasteiger partial charge in [-0.25, -0.2) is 9.18 Å². The van der Waals surface area contributed by atoms with Crippen LogP contribution in [0.3, 0.4) is 0 Å². The van der Waals surface area contributed by atoms with Gasteiger partial charge >= 0.3 is 11.6 Å². The largest absolute Gasteiger partial charge is 0.493 e. The van der Waals surface area contributed by atoms with Crippen LogP contribution < -0.4 is 10.4 Å². The predicted octanol–water partition coefficient (Wildman–Crippen LogP) is 4.85. The zero-order valence-electron chi connectivity index (χ0n) is 16.2. The third-order valence-electron chi connectivity index (χ3n) is 4.63. The zero-order chi connectivity index (χ0) is 19.9. The first-order valence-electron chi connectivity index (χ1n) is 9.37. The lowest BCUT2D eigenvalue weighted by atomic mass is 9.91. The molecule has 0 unspecified atom stereocenters. The molecule has 6 heteroatoms. The molecule has 0 spiro atoms. The van der Waals surface area contributed by atoms with Crippen LogP contribution in [0.2, 0.25) is 0 Å². The predicted molar refractivity (Wildman–Crippen MR) is 101 cm³/mol. The molecule has 2 rings (SSSR count). The average Bonchev–Trinajstić information content (AvgIpc) is 2.63. The number of hydrogen-bond donors (Lipinski definition) is 0. The summed E-state index contributed by atoms with van der Waals surface area (Å²) in [5.41, 5.74) is -0.657. The summed E-state index contributed by atoms with van der Waals surface area (Å²) in [6.07, 6.45) is 4.15. The monoisotopic (exact) mass is 378 g/mol. The number of hydrogen-bond acceptors (Lipinski definition) is 5. The fourth-order valence-electron chi connectivity index (χ4n) is 2.47. The van der Waals surface area contributed by atoms with Crippen molar-refractivity contribution >= 4 is 16.9 Å². The van der Waals surface area contributed by atoms with E-state index in [0.29, 0.717) is 29.9 Å². The second kappa shape index (κ2) is 9.53. The number of halogens is 1. The summed E-state index contributed by atoms with van der Waals surface area (Å²) in [7, 11) is 0. The van der Waals surface area contributed by atoms with Gasteiger partial charge in [-0.15, -0.1) is 0 Å². The summed E-state index contributed by atoms with van der Waals surface area (Å²) < 4.78 is 29.4. The highest BCUT2D eigenvalue weighted by Gasteiger charge is 2.26. The summed E-state index contributed by atoms with van der Waals surface area (Å²) in [4.78, 5) is 23.4. The molecule has 0 fully saturated rings. The van der Waals surface area contributed by atoms with E-state index < -0.39 is 16.9 Å². The molecule has 0 saturated heterocycles. The van der Waals surface area contributed by atoms with Gasteiger partial charge in [-0.1, -0.05) is 6.92 Å². The standard InChI is InChI=1S/C21H27FO5/c1-4-21(2,3)20(24)26-12-8-6-5-7-11-25-18-14-19(23)27-17-10-9-15(22)13-16(17)18/h9-10,13-14H,4-8,11-12H2,1-3H3. The first kappa shape index (κ1) is 20.9. The van der Waals surface area contributed by atoms with E-state index in [0.717, 1.165) is 32.1 Å². The number of benzene rings is 1. The fourth-order valence-corrected chi connectivity index (χ4v) is 2.47. The minimum absolute atomic E-state index is 0.157. The zero-order valence-corrected chi connectivity index (χ0v) is 16.2. The number of unbranched alkanes of at least 4 members (excludes halogenated alkanes) is 3. The Morgan fingerprint density at radius 2 is 1.81 bits per heavy atom. The summed E-state index contributed by atoms with van der Waals surface area (Å²) >= 11 is 0. The van der Waals surface area contributed by atoms with E-state index in [1.165, 1.54) is 24.3 Å². The van der Waals surface area contributed by atoms with Gasteiger partial charge in [0.15, 0.2) is 0 Å². The molecule has 2 aromatic rings. The quantitative estimate of drug-likeness (QED) is 0.336. The summed E-state index contributed by atoms with van der Waals surface area (Å²) in [5, 5.41) is 0.444. The highest BCUT2D eigenvalue weighted by Crippen LogP contribution is 2.25. The van der Waals surface area contributed by atoms with Crippen LogP contribution in [0.4, 0.5) is 4.39 Å². The van der Waals surface area contributed by atoms with Gasteiger partial charge in [0.05, 0.1) is 30.1 Å². The van der Waals surface area contributed by atoms with E-state index in [2.05, 4.69) is 0 Å². The molecule has 0 aliphatic carbocycles. The Morgan fingerprint density at radius 3 is 2.52 bits per heavy atom. The Balaban J connectivity index is 1.71. The molecule has 0 radical (unpaired) electrons. The lowest BCUT2D eigenvalue weighted by Gasteiger charge is -2.20. The van der Waals surface area contributed by atoms with Crippen LogP contribution in [0.5, 0.6) is 5.75 Å². The van der Waals surface area contributed by atoms with E-state index in [4.69, 9.17) is 13.9 Å². The molecule has 1 aromatic carbocycles. The molecular formula is C21H27FO5. The molecule has 0 bridgehead atoms. The summed E-state index contributed by atoms with van der Waals surface area (Å²) in [6.45, 7) is 6.57. The number of esters is 1. The van der Waals surface area contributed by atoms with Crippen LogP contribution in [0.25, 0.3) is 11.0 Å². The third-order valence-corrected chi connectivity index (χ3v) is 4.63. The van der Waals surface area contributed by atoms with Gasteiger partial charge in [0.25, 0.3) is 0 Å². The molecule has 0 amide bonds. The van der Waals surface area contributed by atoms with Crippen LogP contribution in [-0.4, -0.2) is 19.2 Å². The molecule has 0 saturated carbocycles. The van der Waals surface area contributed by atoms with Crippen LogP contribution >= 0.6 is 0 Å². The van der Waals surface area contributed by atoms with Crippen molar-refractivity contribution in [3.8, 4) is 5.75 Å². The van der Waals surface area contributed by atoms with Crippen molar-refractivity contribution in [1.29, 1.82) is 0 Å². The fraction of sp³-hybridized carbons (Fsp3) is 0.524. The Hall–Kier alpha value is -2.37. The number of carbonyl (C=O) groups excluding carboxylic acids is 1. The number of fused-ring (bicyclic) bond motifs is 1. The van der Waals surface area contributed by atoms with Gasteiger partial charge in [-0.05, 0) is 64.2 Å². The van der Waals surface area contributed by atoms with E-state index in [1.54, 1.807) is 0 Å². The van der Waals surface area contributed by atoms with Crippen molar-refractivity contribution in [2.75, 3.05) is 13.2 Å². The van der Waals surface area contributed by atoms with Gasteiger partial charge in [-0.2, -0.15) is 0 Å². The van der Waals surface area contributed by atoms with Gasteiger partial charge in [0.1, 0.15) is 17.1 Å². The molecule has 0 atom stereocenters. The minimum atomic E-state index is -0.527. The van der Waals surface area contributed by atoms with Crippen molar-refractivity contribution in [1.82, 2.24) is 0 Å². The SMILES string of the molecule is CCC(C)(C)C(=O)OCCCCCCOc1cc(=O)oc2ccc(F)cc12. The molecule has 1 heterocycles. The summed E-state index contributed by atoms with van der Waals surface area (Å²) in [6, 6.07) is 5.18. The van der Waals surface area contributed by atoms with Gasteiger partial charge in [0.2, 0.25) is 0 Å². The maximum atomic E-state index is 13.4. The smallest absolute Gasteiger partial charge is 0.339 e. The molecule has 1 aromatic heterocycles. The Labute approximate surface area is 158 Å². The molecule has 148 valence electrons. The van der Waals surface area contributed by atoms with Crippen LogP contribution in [-0.2, 0) is 9.53 Å². The van der Waals surface area contributed by atoms with E-state index in [-0.39, 0.29) is 5.97 Å². The van der Waals surface area contributed by atoms with Crippen LogP contribution in [0.1, 0.15) is 52.9 Å². The third kappa shape index (κ3) is 6.08. The normalized spacial score (nSPS) is 11.6. The Morgan fingerprint density at radius 1 is 1.11 bits per heavy atom. The number of carbonyl (C=O) groups is 1. The first-order chi connectivity index (χ1) is 12.8. The molecule has 5 nitrogen and oxygen atoms in total. The number of ether oxygens (including phenoxy) is 2. The van der Waals surface area contributed by atoms with E-state index in [9.17, 15) is 14.0 Å². The molecular weight excluding hydrogens is 351 g/mol. The average molecular weight is 378 g/mol. The van der Waals surface area contributed by atoms with Crippen molar-refractivity contribution < 1.29 is 23.1 Å². The maximum absolute atomic E-state index is 13.4. The second-order valence-electron chi connectivity index (χ2n) is 7.21. The first-order valence-corrected chi connectivity index (χ1v) is 9.37. The topological polar surface area (TPSA) is 65.7 Å². The van der Waals surface area contributed by atoms with E-state index in [1.807, 2.05) is 20.8 Å². The van der Waals surface area contributed by atoms with Gasteiger partial charge in [-0.3, -0.25) is 4.79 Å². The Bertz CT molecular complexity index is 825. The molecule has 0 N–H and O–H groups in total. The minimum Gasteiger partial charge on any atom is -0.493 e. The van der Waals surface area contributed by atoms with Crippen LogP contribution in [0, 0.1) is 11.2 Å². The maximum Gasteiger partial charge on any atom is 0.339 e. The number of rotatable bonds is 10. The molecule has 27 heavy (non-hydrogen) atoms.